The van der Waals surface area contributed by atoms with E-state index in [0.29, 0.717) is 22.2 Å². The summed E-state index contributed by atoms with van der Waals surface area (Å²) in [5, 5.41) is 13.9. The second kappa shape index (κ2) is 4.77. The van der Waals surface area contributed by atoms with E-state index in [4.69, 9.17) is 16.3 Å². The van der Waals surface area contributed by atoms with E-state index in [2.05, 4.69) is 5.10 Å². The van der Waals surface area contributed by atoms with E-state index >= 15 is 0 Å². The quantitative estimate of drug-likeness (QED) is 0.912. The Hall–Kier alpha value is -1.52. The van der Waals surface area contributed by atoms with Crippen molar-refractivity contribution in [3.8, 4) is 11.4 Å². The summed E-state index contributed by atoms with van der Waals surface area (Å²) in [6, 6.07) is 7.45. The van der Waals surface area contributed by atoms with Gasteiger partial charge < -0.3 is 9.84 Å². The molecular formula is C12H13ClN2O2. The molecule has 0 fully saturated rings. The first kappa shape index (κ1) is 12.0. The van der Waals surface area contributed by atoms with Crippen molar-refractivity contribution in [2.24, 2.45) is 0 Å². The highest BCUT2D eigenvalue weighted by molar-refractivity contribution is 6.30. The minimum Gasteiger partial charge on any atom is -0.494 e. The van der Waals surface area contributed by atoms with Gasteiger partial charge in [-0.1, -0.05) is 23.7 Å². The molecule has 0 aliphatic carbocycles. The van der Waals surface area contributed by atoms with Crippen molar-refractivity contribution in [1.29, 1.82) is 0 Å². The molecule has 2 aromatic rings. The zero-order valence-electron chi connectivity index (χ0n) is 9.64. The van der Waals surface area contributed by atoms with Crippen LogP contribution < -0.4 is 4.74 Å². The second-order valence-electron chi connectivity index (χ2n) is 3.60. The average Bonchev–Trinajstić information content (AvgIpc) is 2.64. The lowest BCUT2D eigenvalue weighted by molar-refractivity contribution is 0.281. The fourth-order valence-electron chi connectivity index (χ4n) is 1.68. The molecule has 5 heteroatoms. The van der Waals surface area contributed by atoms with Crippen LogP contribution in [0.4, 0.5) is 0 Å². The number of hydrogen-bond donors (Lipinski definition) is 1. The molecule has 0 unspecified atom stereocenters. The van der Waals surface area contributed by atoms with Gasteiger partial charge in [-0.2, -0.15) is 5.10 Å². The first-order chi connectivity index (χ1) is 8.19. The minimum absolute atomic E-state index is 0.125. The Morgan fingerprint density at radius 2 is 2.12 bits per heavy atom. The number of aliphatic hydroxyl groups is 1. The summed E-state index contributed by atoms with van der Waals surface area (Å²) in [5.41, 5.74) is 2.10. The summed E-state index contributed by atoms with van der Waals surface area (Å²) in [6.45, 7) is 1.68. The maximum absolute atomic E-state index is 9.22. The molecule has 4 nitrogen and oxygen atoms in total. The number of aryl methyl sites for hydroxylation is 1. The Morgan fingerprint density at radius 3 is 2.71 bits per heavy atom. The van der Waals surface area contributed by atoms with Crippen molar-refractivity contribution in [2.45, 2.75) is 13.5 Å². The molecule has 2 rings (SSSR count). The molecule has 0 saturated carbocycles. The normalized spacial score (nSPS) is 10.6. The van der Waals surface area contributed by atoms with Crippen molar-refractivity contribution >= 4 is 11.6 Å². The van der Waals surface area contributed by atoms with Crippen molar-refractivity contribution in [3.63, 3.8) is 0 Å². The van der Waals surface area contributed by atoms with E-state index in [0.717, 1.165) is 5.69 Å². The maximum atomic E-state index is 9.22. The van der Waals surface area contributed by atoms with Crippen LogP contribution in [0.3, 0.4) is 0 Å². The molecule has 0 atom stereocenters. The third-order valence-electron chi connectivity index (χ3n) is 2.59. The van der Waals surface area contributed by atoms with Crippen LogP contribution in [-0.2, 0) is 6.61 Å². The highest BCUT2D eigenvalue weighted by Crippen LogP contribution is 2.28. The third-order valence-corrected chi connectivity index (χ3v) is 2.98. The smallest absolute Gasteiger partial charge is 0.144 e. The van der Waals surface area contributed by atoms with Crippen LogP contribution in [0.25, 0.3) is 5.69 Å². The highest BCUT2D eigenvalue weighted by Gasteiger charge is 2.15. The van der Waals surface area contributed by atoms with Crippen LogP contribution in [-0.4, -0.2) is 22.0 Å². The number of rotatable bonds is 3. The average molecular weight is 253 g/mol. The fourth-order valence-corrected chi connectivity index (χ4v) is 2.00. The fraction of sp³-hybridized carbons (Fsp3) is 0.250. The second-order valence-corrected chi connectivity index (χ2v) is 3.95. The van der Waals surface area contributed by atoms with Gasteiger partial charge in [0, 0.05) is 5.56 Å². The van der Waals surface area contributed by atoms with Crippen molar-refractivity contribution < 1.29 is 9.84 Å². The Morgan fingerprint density at radius 1 is 1.41 bits per heavy atom. The number of hydrogen-bond acceptors (Lipinski definition) is 3. The lowest BCUT2D eigenvalue weighted by Crippen LogP contribution is -2.00. The SMILES string of the molecule is COc1ccccc1-n1nc(C)c(CO)c1Cl. The number of para-hydroxylation sites is 2. The van der Waals surface area contributed by atoms with Crippen molar-refractivity contribution in [1.82, 2.24) is 9.78 Å². The molecule has 1 aromatic carbocycles. The Bertz CT molecular complexity index is 537. The molecular weight excluding hydrogens is 240 g/mol. The van der Waals surface area contributed by atoms with Crippen LogP contribution in [0.2, 0.25) is 5.15 Å². The Kier molecular flexibility index (Phi) is 3.36. The van der Waals surface area contributed by atoms with Crippen LogP contribution in [0.15, 0.2) is 24.3 Å². The van der Waals surface area contributed by atoms with Gasteiger partial charge in [0.25, 0.3) is 0 Å². The van der Waals surface area contributed by atoms with Crippen molar-refractivity contribution in [3.05, 3.63) is 40.7 Å². The summed E-state index contributed by atoms with van der Waals surface area (Å²) >= 11 is 6.18. The molecule has 0 saturated heterocycles. The van der Waals surface area contributed by atoms with E-state index in [1.165, 1.54) is 0 Å². The lowest BCUT2D eigenvalue weighted by Gasteiger charge is -2.08. The van der Waals surface area contributed by atoms with Gasteiger partial charge in [0.2, 0.25) is 0 Å². The molecule has 1 heterocycles. The van der Waals surface area contributed by atoms with E-state index in [9.17, 15) is 5.11 Å². The zero-order valence-corrected chi connectivity index (χ0v) is 10.4. The summed E-state index contributed by atoms with van der Waals surface area (Å²) in [4.78, 5) is 0. The topological polar surface area (TPSA) is 47.3 Å². The summed E-state index contributed by atoms with van der Waals surface area (Å²) in [7, 11) is 1.59. The molecule has 0 spiro atoms. The van der Waals surface area contributed by atoms with Gasteiger partial charge in [-0.25, -0.2) is 4.68 Å². The number of benzene rings is 1. The third kappa shape index (κ3) is 2.01. The van der Waals surface area contributed by atoms with Crippen LogP contribution in [0, 0.1) is 6.92 Å². The summed E-state index contributed by atoms with van der Waals surface area (Å²) in [5.74, 6) is 0.682. The monoisotopic (exact) mass is 252 g/mol. The van der Waals surface area contributed by atoms with Crippen LogP contribution in [0.1, 0.15) is 11.3 Å². The van der Waals surface area contributed by atoms with Gasteiger partial charge in [-0.3, -0.25) is 0 Å². The van der Waals surface area contributed by atoms with Crippen molar-refractivity contribution in [2.75, 3.05) is 7.11 Å². The number of methoxy groups -OCH3 is 1. The number of aromatic nitrogens is 2. The number of nitrogens with zero attached hydrogens (tertiary/aromatic N) is 2. The molecule has 0 aliphatic rings. The summed E-state index contributed by atoms with van der Waals surface area (Å²) < 4.78 is 6.83. The molecule has 90 valence electrons. The van der Waals surface area contributed by atoms with Gasteiger partial charge >= 0.3 is 0 Å². The summed E-state index contributed by atoms with van der Waals surface area (Å²) in [6.07, 6.45) is 0. The predicted molar refractivity (Wildman–Crippen MR) is 65.8 cm³/mol. The van der Waals surface area contributed by atoms with E-state index < -0.39 is 0 Å². The van der Waals surface area contributed by atoms with Gasteiger partial charge in [-0.15, -0.1) is 0 Å². The molecule has 17 heavy (non-hydrogen) atoms. The number of ether oxygens (including phenoxy) is 1. The largest absolute Gasteiger partial charge is 0.494 e. The van der Waals surface area contributed by atoms with Gasteiger partial charge in [0.05, 0.1) is 19.4 Å². The van der Waals surface area contributed by atoms with Crippen LogP contribution >= 0.6 is 11.6 Å². The molecule has 0 radical (unpaired) electrons. The Labute approximate surface area is 104 Å². The van der Waals surface area contributed by atoms with E-state index in [1.807, 2.05) is 31.2 Å². The van der Waals surface area contributed by atoms with Crippen LogP contribution in [0.5, 0.6) is 5.75 Å². The maximum Gasteiger partial charge on any atom is 0.144 e. The standard InChI is InChI=1S/C12H13ClN2O2/c1-8-9(7-16)12(13)15(14-8)10-5-3-4-6-11(10)17-2/h3-6,16H,7H2,1-2H3. The first-order valence-corrected chi connectivity index (χ1v) is 5.55. The van der Waals surface area contributed by atoms with Gasteiger partial charge in [0.15, 0.2) is 0 Å². The number of aliphatic hydroxyl groups excluding tert-OH is 1. The van der Waals surface area contributed by atoms with E-state index in [1.54, 1.807) is 11.8 Å². The molecule has 1 aromatic heterocycles. The lowest BCUT2D eigenvalue weighted by atomic mass is 10.3. The minimum atomic E-state index is -0.125. The molecule has 1 N–H and O–H groups in total. The molecule has 0 amide bonds. The number of halogens is 1. The first-order valence-electron chi connectivity index (χ1n) is 5.17. The molecule has 0 bridgehead atoms. The zero-order chi connectivity index (χ0) is 12.4. The van der Waals surface area contributed by atoms with Gasteiger partial charge in [-0.05, 0) is 19.1 Å². The molecule has 0 aliphatic heterocycles. The highest BCUT2D eigenvalue weighted by atomic mass is 35.5. The van der Waals surface area contributed by atoms with Gasteiger partial charge in [0.1, 0.15) is 16.6 Å². The Balaban J connectivity index is 2.61. The van der Waals surface area contributed by atoms with E-state index in [-0.39, 0.29) is 6.61 Å². The predicted octanol–water partition coefficient (Wildman–Crippen LogP) is 2.34.